The molecule has 2 aliphatic carbocycles. The maximum atomic E-state index is 12.8. The van der Waals surface area contributed by atoms with Gasteiger partial charge in [0.05, 0.1) is 12.3 Å². The molecule has 2 aromatic rings. The highest BCUT2D eigenvalue weighted by Crippen LogP contribution is 2.57. The van der Waals surface area contributed by atoms with Crippen molar-refractivity contribution >= 4 is 39.3 Å². The van der Waals surface area contributed by atoms with Crippen molar-refractivity contribution in [3.63, 3.8) is 0 Å². The first kappa shape index (κ1) is 17.6. The lowest BCUT2D eigenvalue weighted by molar-refractivity contribution is 0.147. The molecule has 4 atom stereocenters. The van der Waals surface area contributed by atoms with Crippen molar-refractivity contribution in [3.8, 4) is 0 Å². The fourth-order valence-electron chi connectivity index (χ4n) is 4.53. The zero-order valence-electron chi connectivity index (χ0n) is 15.1. The molecule has 1 amide bonds. The van der Waals surface area contributed by atoms with Crippen molar-refractivity contribution in [3.05, 3.63) is 62.6 Å². The minimum atomic E-state index is -0.215. The first-order valence-corrected chi connectivity index (χ1v) is 10.7. The molecule has 4 unspecified atom stereocenters. The lowest BCUT2D eigenvalue weighted by Crippen LogP contribution is -2.36. The molecule has 0 N–H and O–H groups in total. The molecule has 2 fully saturated rings. The molecule has 27 heavy (non-hydrogen) atoms. The van der Waals surface area contributed by atoms with Crippen molar-refractivity contribution in [2.45, 2.75) is 31.6 Å². The average Bonchev–Trinajstić information content (AvgIpc) is 3.56. The lowest BCUT2D eigenvalue weighted by atomic mass is 10.0. The van der Waals surface area contributed by atoms with Crippen LogP contribution >= 0.6 is 27.5 Å². The van der Waals surface area contributed by atoms with Crippen LogP contribution in [0.15, 0.2) is 40.9 Å². The van der Waals surface area contributed by atoms with Crippen LogP contribution in [0.3, 0.4) is 0 Å². The summed E-state index contributed by atoms with van der Waals surface area (Å²) >= 11 is 9.90. The molecule has 3 nitrogen and oxygen atoms in total. The quantitative estimate of drug-likeness (QED) is 0.555. The van der Waals surface area contributed by atoms with E-state index in [0.717, 1.165) is 40.1 Å². The van der Waals surface area contributed by atoms with E-state index in [4.69, 9.17) is 16.3 Å². The van der Waals surface area contributed by atoms with Crippen molar-refractivity contribution in [2.75, 3.05) is 18.1 Å². The molecule has 2 saturated carbocycles. The Labute approximate surface area is 172 Å². The number of hydrogen-bond acceptors (Lipinski definition) is 2. The normalized spacial score (nSPS) is 27.6. The van der Waals surface area contributed by atoms with Gasteiger partial charge in [0, 0.05) is 22.0 Å². The number of ether oxygens (including phenoxy) is 1. The number of amides is 1. The molecule has 1 aliphatic heterocycles. The van der Waals surface area contributed by atoms with E-state index in [2.05, 4.69) is 35.0 Å². The van der Waals surface area contributed by atoms with E-state index in [1.165, 1.54) is 11.1 Å². The summed E-state index contributed by atoms with van der Waals surface area (Å²) in [6, 6.07) is 12.1. The van der Waals surface area contributed by atoms with Crippen LogP contribution in [0.5, 0.6) is 0 Å². The van der Waals surface area contributed by atoms with Gasteiger partial charge in [0.15, 0.2) is 0 Å². The highest BCUT2D eigenvalue weighted by molar-refractivity contribution is 9.10. The molecule has 5 rings (SSSR count). The third-order valence-electron chi connectivity index (χ3n) is 6.30. The SMILES string of the molecule is Cc1c(Cl)cccc1C1CC1COC(=O)N1CC2CC2c2c(Br)cccc21. The Morgan fingerprint density at radius 2 is 2.04 bits per heavy atom. The van der Waals surface area contributed by atoms with Crippen molar-refractivity contribution in [1.29, 1.82) is 0 Å². The van der Waals surface area contributed by atoms with E-state index in [9.17, 15) is 4.79 Å². The van der Waals surface area contributed by atoms with E-state index >= 15 is 0 Å². The van der Waals surface area contributed by atoms with E-state index in [-0.39, 0.29) is 6.09 Å². The van der Waals surface area contributed by atoms with Gasteiger partial charge in [0.25, 0.3) is 0 Å². The third kappa shape index (κ3) is 3.07. The molecular formula is C22H21BrClNO2. The summed E-state index contributed by atoms with van der Waals surface area (Å²) in [4.78, 5) is 14.6. The summed E-state index contributed by atoms with van der Waals surface area (Å²) in [6.07, 6.45) is 2.01. The van der Waals surface area contributed by atoms with Gasteiger partial charge < -0.3 is 4.74 Å². The third-order valence-corrected chi connectivity index (χ3v) is 7.41. The second kappa shape index (κ2) is 6.52. The summed E-state index contributed by atoms with van der Waals surface area (Å²) in [7, 11) is 0. The van der Waals surface area contributed by atoms with Gasteiger partial charge in [-0.15, -0.1) is 0 Å². The predicted octanol–water partition coefficient (Wildman–Crippen LogP) is 6.27. The standard InChI is InChI=1S/C22H21BrClNO2/c1-12-15(4-2-6-19(12)24)16-9-14(16)11-27-22(26)25-10-13-8-17(13)21-18(23)5-3-7-20(21)25/h2-7,13-14,16-17H,8-11H2,1H3. The maximum Gasteiger partial charge on any atom is 0.414 e. The van der Waals surface area contributed by atoms with Gasteiger partial charge in [0.2, 0.25) is 0 Å². The molecule has 140 valence electrons. The molecule has 0 radical (unpaired) electrons. The van der Waals surface area contributed by atoms with Crippen LogP contribution in [0.25, 0.3) is 0 Å². The van der Waals surface area contributed by atoms with Crippen LogP contribution in [-0.2, 0) is 4.74 Å². The number of rotatable bonds is 3. The van der Waals surface area contributed by atoms with Crippen molar-refractivity contribution in [1.82, 2.24) is 0 Å². The molecule has 3 aliphatic rings. The van der Waals surface area contributed by atoms with Gasteiger partial charge in [-0.2, -0.15) is 0 Å². The van der Waals surface area contributed by atoms with Crippen LogP contribution in [-0.4, -0.2) is 19.2 Å². The fourth-order valence-corrected chi connectivity index (χ4v) is 5.36. The summed E-state index contributed by atoms with van der Waals surface area (Å²) in [5.74, 6) is 2.02. The second-order valence-corrected chi connectivity index (χ2v) is 9.28. The van der Waals surface area contributed by atoms with E-state index in [0.29, 0.717) is 30.3 Å². The number of hydrogen-bond donors (Lipinski definition) is 0. The second-order valence-electron chi connectivity index (χ2n) is 8.02. The molecule has 0 bridgehead atoms. The number of anilines is 1. The topological polar surface area (TPSA) is 29.5 Å². The largest absolute Gasteiger partial charge is 0.449 e. The smallest absolute Gasteiger partial charge is 0.414 e. The number of carbonyl (C=O) groups is 1. The zero-order valence-corrected chi connectivity index (χ0v) is 17.5. The monoisotopic (exact) mass is 445 g/mol. The van der Waals surface area contributed by atoms with Gasteiger partial charge in [-0.05, 0) is 72.4 Å². The number of nitrogens with zero attached hydrogens (tertiary/aromatic N) is 1. The first-order chi connectivity index (χ1) is 13.0. The predicted molar refractivity (Wildman–Crippen MR) is 111 cm³/mol. The summed E-state index contributed by atoms with van der Waals surface area (Å²) in [5, 5.41) is 0.810. The molecule has 1 heterocycles. The molecule has 0 saturated heterocycles. The van der Waals surface area contributed by atoms with Crippen LogP contribution < -0.4 is 4.90 Å². The molecule has 5 heteroatoms. The number of fused-ring (bicyclic) bond motifs is 3. The minimum absolute atomic E-state index is 0.215. The van der Waals surface area contributed by atoms with Gasteiger partial charge in [0.1, 0.15) is 0 Å². The van der Waals surface area contributed by atoms with Gasteiger partial charge in [-0.25, -0.2) is 4.79 Å². The van der Waals surface area contributed by atoms with E-state index < -0.39 is 0 Å². The number of benzene rings is 2. The van der Waals surface area contributed by atoms with Crippen LogP contribution in [0, 0.1) is 18.8 Å². The van der Waals surface area contributed by atoms with E-state index in [1.807, 2.05) is 29.2 Å². The van der Waals surface area contributed by atoms with Gasteiger partial charge >= 0.3 is 6.09 Å². The molecule has 0 spiro atoms. The zero-order chi connectivity index (χ0) is 18.7. The molecule has 2 aromatic carbocycles. The Kier molecular flexibility index (Phi) is 4.25. The Morgan fingerprint density at radius 3 is 2.89 bits per heavy atom. The van der Waals surface area contributed by atoms with Crippen molar-refractivity contribution in [2.24, 2.45) is 11.8 Å². The van der Waals surface area contributed by atoms with Gasteiger partial charge in [-0.1, -0.05) is 45.7 Å². The number of carbonyl (C=O) groups excluding carboxylic acids is 1. The molecular weight excluding hydrogens is 426 g/mol. The number of halogens is 2. The highest BCUT2D eigenvalue weighted by Gasteiger charge is 2.48. The summed E-state index contributed by atoms with van der Waals surface area (Å²) in [5.41, 5.74) is 4.71. The Hall–Kier alpha value is -1.52. The van der Waals surface area contributed by atoms with Crippen molar-refractivity contribution < 1.29 is 9.53 Å². The Bertz CT molecular complexity index is 931. The minimum Gasteiger partial charge on any atom is -0.449 e. The summed E-state index contributed by atoms with van der Waals surface area (Å²) < 4.78 is 6.83. The molecule has 0 aromatic heterocycles. The van der Waals surface area contributed by atoms with Crippen LogP contribution in [0.1, 0.15) is 41.4 Å². The average molecular weight is 447 g/mol. The van der Waals surface area contributed by atoms with Crippen LogP contribution in [0.4, 0.5) is 10.5 Å². The Balaban J connectivity index is 1.26. The fraction of sp³-hybridized carbons (Fsp3) is 0.409. The first-order valence-electron chi connectivity index (χ1n) is 9.52. The maximum absolute atomic E-state index is 12.8. The highest BCUT2D eigenvalue weighted by atomic mass is 79.9. The van der Waals surface area contributed by atoms with Gasteiger partial charge in [-0.3, -0.25) is 4.90 Å². The summed E-state index contributed by atoms with van der Waals surface area (Å²) in [6.45, 7) is 3.31. The van der Waals surface area contributed by atoms with Crippen LogP contribution in [0.2, 0.25) is 5.02 Å². The Morgan fingerprint density at radius 1 is 1.22 bits per heavy atom. The lowest BCUT2D eigenvalue weighted by Gasteiger charge is -2.29. The van der Waals surface area contributed by atoms with E-state index in [1.54, 1.807) is 0 Å².